The third-order valence-electron chi connectivity index (χ3n) is 6.16. The van der Waals surface area contributed by atoms with E-state index in [0.717, 1.165) is 44.8 Å². The van der Waals surface area contributed by atoms with Crippen molar-refractivity contribution in [2.75, 3.05) is 12.9 Å². The van der Waals surface area contributed by atoms with E-state index in [4.69, 9.17) is 4.18 Å². The third-order valence-corrected chi connectivity index (χ3v) is 6.70. The van der Waals surface area contributed by atoms with Crippen LogP contribution in [0.5, 0.6) is 0 Å². The molecule has 1 N–H and O–H groups in total. The molecular weight excluding hydrogens is 318 g/mol. The highest BCUT2D eigenvalue weighted by molar-refractivity contribution is 7.85. The molecule has 0 aromatic heterocycles. The van der Waals surface area contributed by atoms with Crippen molar-refractivity contribution in [3.05, 3.63) is 0 Å². The number of amides is 1. The van der Waals surface area contributed by atoms with E-state index in [9.17, 15) is 18.3 Å². The SMILES string of the molecule is CS(=O)(=O)OCC1(C2CCCCC2)CC2CCC(C1)N2C(=O)O. The van der Waals surface area contributed by atoms with Gasteiger partial charge in [0.2, 0.25) is 0 Å². The molecule has 1 aliphatic carbocycles. The summed E-state index contributed by atoms with van der Waals surface area (Å²) in [6.07, 6.45) is 9.38. The van der Waals surface area contributed by atoms with E-state index in [1.807, 2.05) is 0 Å². The van der Waals surface area contributed by atoms with Crippen molar-refractivity contribution >= 4 is 16.2 Å². The van der Waals surface area contributed by atoms with E-state index in [0.29, 0.717) is 5.92 Å². The number of nitrogens with zero attached hydrogens (tertiary/aromatic N) is 1. The zero-order valence-electron chi connectivity index (χ0n) is 13.7. The van der Waals surface area contributed by atoms with Crippen LogP contribution in [0, 0.1) is 11.3 Å². The van der Waals surface area contributed by atoms with Gasteiger partial charge in [-0.2, -0.15) is 8.42 Å². The zero-order chi connectivity index (χ0) is 16.7. The van der Waals surface area contributed by atoms with E-state index in [2.05, 4.69) is 0 Å². The first-order valence-electron chi connectivity index (χ1n) is 8.66. The van der Waals surface area contributed by atoms with Gasteiger partial charge in [-0.15, -0.1) is 0 Å². The molecule has 23 heavy (non-hydrogen) atoms. The largest absolute Gasteiger partial charge is 0.465 e. The number of hydrogen-bond acceptors (Lipinski definition) is 4. The second-order valence-corrected chi connectivity index (χ2v) is 9.29. The van der Waals surface area contributed by atoms with Crippen LogP contribution < -0.4 is 0 Å². The molecule has 0 radical (unpaired) electrons. The van der Waals surface area contributed by atoms with Gasteiger partial charge in [0.15, 0.2) is 0 Å². The maximum absolute atomic E-state index is 11.5. The molecular formula is C16H27NO5S. The van der Waals surface area contributed by atoms with Crippen LogP contribution in [0.1, 0.15) is 57.8 Å². The Morgan fingerprint density at radius 2 is 1.70 bits per heavy atom. The van der Waals surface area contributed by atoms with Gasteiger partial charge in [-0.25, -0.2) is 4.79 Å². The lowest BCUT2D eigenvalue weighted by Gasteiger charge is -2.50. The Bertz CT molecular complexity index is 541. The molecule has 1 amide bonds. The second-order valence-electron chi connectivity index (χ2n) is 7.65. The summed E-state index contributed by atoms with van der Waals surface area (Å²) in [7, 11) is -3.47. The fourth-order valence-electron chi connectivity index (χ4n) is 5.20. The monoisotopic (exact) mass is 345 g/mol. The number of rotatable bonds is 4. The Kier molecular flexibility index (Phi) is 4.62. The van der Waals surface area contributed by atoms with E-state index >= 15 is 0 Å². The molecule has 7 heteroatoms. The summed E-state index contributed by atoms with van der Waals surface area (Å²) in [5, 5.41) is 9.46. The van der Waals surface area contributed by atoms with Crippen molar-refractivity contribution in [2.45, 2.75) is 69.9 Å². The second kappa shape index (κ2) is 6.24. The lowest BCUT2D eigenvalue weighted by Crippen LogP contribution is -2.54. The highest BCUT2D eigenvalue weighted by atomic mass is 32.2. The summed E-state index contributed by atoms with van der Waals surface area (Å²) in [5.41, 5.74) is -0.179. The van der Waals surface area contributed by atoms with Gasteiger partial charge >= 0.3 is 6.09 Å². The van der Waals surface area contributed by atoms with Gasteiger partial charge in [-0.05, 0) is 44.4 Å². The van der Waals surface area contributed by atoms with Crippen molar-refractivity contribution in [1.29, 1.82) is 0 Å². The first-order chi connectivity index (χ1) is 10.8. The Labute approximate surface area is 138 Å². The molecule has 2 bridgehead atoms. The molecule has 2 atom stereocenters. The minimum atomic E-state index is -3.47. The van der Waals surface area contributed by atoms with Crippen molar-refractivity contribution in [2.24, 2.45) is 11.3 Å². The normalized spacial score (nSPS) is 35.4. The molecule has 6 nitrogen and oxygen atoms in total. The molecule has 3 rings (SSSR count). The minimum Gasteiger partial charge on any atom is -0.465 e. The van der Waals surface area contributed by atoms with E-state index in [-0.39, 0.29) is 24.1 Å². The number of fused-ring (bicyclic) bond motifs is 2. The highest BCUT2D eigenvalue weighted by Gasteiger charge is 2.53. The van der Waals surface area contributed by atoms with Crippen LogP contribution >= 0.6 is 0 Å². The van der Waals surface area contributed by atoms with Crippen LogP contribution in [0.25, 0.3) is 0 Å². The molecule has 0 spiro atoms. The smallest absolute Gasteiger partial charge is 0.407 e. The average molecular weight is 345 g/mol. The van der Waals surface area contributed by atoms with Crippen molar-refractivity contribution in [1.82, 2.24) is 4.90 Å². The molecule has 0 aromatic rings. The van der Waals surface area contributed by atoms with Crippen LogP contribution in [0.3, 0.4) is 0 Å². The maximum atomic E-state index is 11.5. The lowest BCUT2D eigenvalue weighted by molar-refractivity contribution is -0.0326. The van der Waals surface area contributed by atoms with Crippen molar-refractivity contribution in [3.8, 4) is 0 Å². The summed E-state index contributed by atoms with van der Waals surface area (Å²) < 4.78 is 28.3. The summed E-state index contributed by atoms with van der Waals surface area (Å²) >= 11 is 0. The maximum Gasteiger partial charge on any atom is 0.407 e. The van der Waals surface area contributed by atoms with Gasteiger partial charge in [0.1, 0.15) is 0 Å². The van der Waals surface area contributed by atoms with E-state index in [1.165, 1.54) is 19.3 Å². The summed E-state index contributed by atoms with van der Waals surface area (Å²) in [4.78, 5) is 13.1. The molecule has 2 aliphatic heterocycles. The van der Waals surface area contributed by atoms with Gasteiger partial charge in [0.25, 0.3) is 10.1 Å². The molecule has 2 saturated heterocycles. The Morgan fingerprint density at radius 3 is 2.17 bits per heavy atom. The Morgan fingerprint density at radius 1 is 1.13 bits per heavy atom. The molecule has 2 heterocycles. The first kappa shape index (κ1) is 17.0. The van der Waals surface area contributed by atoms with Gasteiger partial charge in [-0.3, -0.25) is 4.18 Å². The third kappa shape index (κ3) is 3.50. The Balaban J connectivity index is 1.83. The molecule has 2 unspecified atom stereocenters. The van der Waals surface area contributed by atoms with Gasteiger partial charge in [-0.1, -0.05) is 19.3 Å². The molecule has 1 saturated carbocycles. The van der Waals surface area contributed by atoms with Crippen LogP contribution in [0.4, 0.5) is 4.79 Å². The van der Waals surface area contributed by atoms with Gasteiger partial charge < -0.3 is 10.0 Å². The standard InChI is InChI=1S/C16H27NO5S/c1-23(20,21)22-11-16(12-5-3-2-4-6-12)9-13-7-8-14(10-16)17(13)15(18)19/h12-14H,2-11H2,1H3,(H,18,19). The van der Waals surface area contributed by atoms with E-state index < -0.39 is 16.2 Å². The van der Waals surface area contributed by atoms with Gasteiger partial charge in [0.05, 0.1) is 12.9 Å². The number of carbonyl (C=O) groups is 1. The average Bonchev–Trinajstić information content (AvgIpc) is 2.78. The first-order valence-corrected chi connectivity index (χ1v) is 10.5. The number of carboxylic acid groups (broad SMARTS) is 1. The molecule has 0 aromatic carbocycles. The van der Waals surface area contributed by atoms with E-state index in [1.54, 1.807) is 4.90 Å². The fraction of sp³-hybridized carbons (Fsp3) is 0.938. The predicted octanol–water partition coefficient (Wildman–Crippen LogP) is 2.83. The number of piperidine rings is 1. The van der Waals surface area contributed by atoms with Crippen LogP contribution in [-0.2, 0) is 14.3 Å². The summed E-state index contributed by atoms with van der Waals surface area (Å²) in [6, 6.07) is 0.0488. The van der Waals surface area contributed by atoms with Crippen molar-refractivity contribution in [3.63, 3.8) is 0 Å². The fourth-order valence-corrected chi connectivity index (χ4v) is 5.65. The minimum absolute atomic E-state index is 0.0244. The van der Waals surface area contributed by atoms with Crippen LogP contribution in [0.2, 0.25) is 0 Å². The molecule has 3 fully saturated rings. The Hall–Kier alpha value is -0.820. The quantitative estimate of drug-likeness (QED) is 0.792. The highest BCUT2D eigenvalue weighted by Crippen LogP contribution is 2.53. The van der Waals surface area contributed by atoms with Crippen molar-refractivity contribution < 1.29 is 22.5 Å². The lowest BCUT2D eigenvalue weighted by atomic mass is 9.62. The number of hydrogen-bond donors (Lipinski definition) is 1. The van der Waals surface area contributed by atoms with Gasteiger partial charge in [0, 0.05) is 17.5 Å². The van der Waals surface area contributed by atoms with Crippen LogP contribution in [-0.4, -0.2) is 49.5 Å². The zero-order valence-corrected chi connectivity index (χ0v) is 14.6. The summed E-state index contributed by atoms with van der Waals surface area (Å²) in [5.74, 6) is 0.456. The molecule has 3 aliphatic rings. The predicted molar refractivity (Wildman–Crippen MR) is 85.7 cm³/mol. The summed E-state index contributed by atoms with van der Waals surface area (Å²) in [6.45, 7) is 0.219. The topological polar surface area (TPSA) is 83.9 Å². The van der Waals surface area contributed by atoms with Crippen LogP contribution in [0.15, 0.2) is 0 Å². The molecule has 132 valence electrons.